The summed E-state index contributed by atoms with van der Waals surface area (Å²) in [5.41, 5.74) is 0. The van der Waals surface area contributed by atoms with Crippen LogP contribution in [0.15, 0.2) is 0 Å². The summed E-state index contributed by atoms with van der Waals surface area (Å²) in [7, 11) is 1.48. The SMILES string of the molecule is CCN(C1CCCCC1)[Si](C)(OC)OC. The first-order valence-corrected chi connectivity index (χ1v) is 8.31. The smallest absolute Gasteiger partial charge is 0.386 e. The van der Waals surface area contributed by atoms with Crippen LogP contribution in [-0.4, -0.2) is 40.1 Å². The Morgan fingerprint density at radius 3 is 2.07 bits per heavy atom. The van der Waals surface area contributed by atoms with Gasteiger partial charge in [-0.25, -0.2) is 0 Å². The molecular weight excluding hydrogens is 206 g/mol. The molecule has 1 fully saturated rings. The molecule has 0 amide bonds. The van der Waals surface area contributed by atoms with Gasteiger partial charge in [0.25, 0.3) is 0 Å². The number of hydrogen-bond donors (Lipinski definition) is 0. The van der Waals surface area contributed by atoms with E-state index in [0.717, 1.165) is 6.54 Å². The van der Waals surface area contributed by atoms with Crippen molar-refractivity contribution in [2.45, 2.75) is 51.6 Å². The predicted molar refractivity (Wildman–Crippen MR) is 64.9 cm³/mol. The zero-order valence-corrected chi connectivity index (χ0v) is 11.6. The minimum absolute atomic E-state index is 0.681. The summed E-state index contributed by atoms with van der Waals surface area (Å²) in [6.07, 6.45) is 6.73. The predicted octanol–water partition coefficient (Wildman–Crippen LogP) is 2.50. The largest absolute Gasteiger partial charge is 0.424 e. The van der Waals surface area contributed by atoms with Gasteiger partial charge in [0.05, 0.1) is 0 Å². The highest BCUT2D eigenvalue weighted by molar-refractivity contribution is 6.63. The van der Waals surface area contributed by atoms with Gasteiger partial charge in [0, 0.05) is 20.3 Å². The summed E-state index contributed by atoms with van der Waals surface area (Å²) >= 11 is 0. The van der Waals surface area contributed by atoms with Crippen molar-refractivity contribution in [1.29, 1.82) is 0 Å². The summed E-state index contributed by atoms with van der Waals surface area (Å²) in [5, 5.41) is 0. The first-order chi connectivity index (χ1) is 7.18. The van der Waals surface area contributed by atoms with Crippen LogP contribution in [0.4, 0.5) is 0 Å². The maximum absolute atomic E-state index is 5.64. The van der Waals surface area contributed by atoms with Crippen LogP contribution in [0.1, 0.15) is 39.0 Å². The molecule has 0 aliphatic heterocycles. The lowest BCUT2D eigenvalue weighted by Crippen LogP contribution is -2.59. The zero-order valence-electron chi connectivity index (χ0n) is 10.6. The maximum Gasteiger partial charge on any atom is 0.424 e. The summed E-state index contributed by atoms with van der Waals surface area (Å²) in [4.78, 5) is 0. The normalized spacial score (nSPS) is 19.8. The molecule has 0 aromatic rings. The molecule has 1 rings (SSSR count). The molecule has 0 N–H and O–H groups in total. The molecule has 0 radical (unpaired) electrons. The van der Waals surface area contributed by atoms with Crippen molar-refractivity contribution < 1.29 is 8.85 Å². The number of rotatable bonds is 5. The van der Waals surface area contributed by atoms with Gasteiger partial charge in [0.15, 0.2) is 0 Å². The fourth-order valence-electron chi connectivity index (χ4n) is 2.59. The van der Waals surface area contributed by atoms with Crippen molar-refractivity contribution in [1.82, 2.24) is 4.57 Å². The highest BCUT2D eigenvalue weighted by Crippen LogP contribution is 2.26. The third kappa shape index (κ3) is 3.03. The summed E-state index contributed by atoms with van der Waals surface area (Å²) < 4.78 is 13.7. The topological polar surface area (TPSA) is 21.7 Å². The fourth-order valence-corrected chi connectivity index (χ4v) is 4.72. The van der Waals surface area contributed by atoms with Gasteiger partial charge >= 0.3 is 8.72 Å². The van der Waals surface area contributed by atoms with Crippen LogP contribution < -0.4 is 0 Å². The van der Waals surface area contributed by atoms with E-state index in [9.17, 15) is 0 Å². The average molecular weight is 231 g/mol. The molecule has 90 valence electrons. The highest BCUT2D eigenvalue weighted by Gasteiger charge is 2.41. The second-order valence-electron chi connectivity index (χ2n) is 4.38. The third-order valence-corrected chi connectivity index (χ3v) is 6.88. The Kier molecular flexibility index (Phi) is 5.25. The molecule has 0 aromatic carbocycles. The number of nitrogens with zero attached hydrogens (tertiary/aromatic N) is 1. The Hall–Kier alpha value is 0.0969. The average Bonchev–Trinajstić information content (AvgIpc) is 2.31. The van der Waals surface area contributed by atoms with E-state index in [0.29, 0.717) is 6.04 Å². The molecule has 0 spiro atoms. The van der Waals surface area contributed by atoms with Crippen molar-refractivity contribution in [3.8, 4) is 0 Å². The Morgan fingerprint density at radius 2 is 1.67 bits per heavy atom. The van der Waals surface area contributed by atoms with Crippen molar-refractivity contribution in [3.05, 3.63) is 0 Å². The zero-order chi connectivity index (χ0) is 11.3. The summed E-state index contributed by atoms with van der Waals surface area (Å²) in [6, 6.07) is 0.681. The molecule has 1 aliphatic rings. The standard InChI is InChI=1S/C11H25NO2Si/c1-5-12(15(4,13-2)14-3)11-9-7-6-8-10-11/h11H,5-10H2,1-4H3. The van der Waals surface area contributed by atoms with E-state index in [-0.39, 0.29) is 0 Å². The van der Waals surface area contributed by atoms with E-state index in [2.05, 4.69) is 18.0 Å². The molecule has 15 heavy (non-hydrogen) atoms. The molecule has 0 unspecified atom stereocenters. The van der Waals surface area contributed by atoms with Crippen LogP contribution in [0.2, 0.25) is 6.55 Å². The van der Waals surface area contributed by atoms with Gasteiger partial charge in [0.2, 0.25) is 0 Å². The second kappa shape index (κ2) is 5.99. The van der Waals surface area contributed by atoms with Gasteiger partial charge in [-0.3, -0.25) is 4.57 Å². The lowest BCUT2D eigenvalue weighted by Gasteiger charge is -2.41. The lowest BCUT2D eigenvalue weighted by molar-refractivity contribution is 0.129. The van der Waals surface area contributed by atoms with E-state index in [4.69, 9.17) is 8.85 Å². The van der Waals surface area contributed by atoms with Crippen LogP contribution in [0, 0.1) is 0 Å². The molecule has 0 atom stereocenters. The third-order valence-electron chi connectivity index (χ3n) is 3.64. The van der Waals surface area contributed by atoms with E-state index in [1.807, 2.05) is 0 Å². The van der Waals surface area contributed by atoms with Crippen LogP contribution >= 0.6 is 0 Å². The minimum Gasteiger partial charge on any atom is -0.386 e. The van der Waals surface area contributed by atoms with Gasteiger partial charge in [-0.15, -0.1) is 0 Å². The van der Waals surface area contributed by atoms with E-state index >= 15 is 0 Å². The van der Waals surface area contributed by atoms with Crippen LogP contribution in [0.3, 0.4) is 0 Å². The van der Waals surface area contributed by atoms with E-state index in [1.165, 1.54) is 32.1 Å². The minimum atomic E-state index is -2.08. The van der Waals surface area contributed by atoms with Crippen molar-refractivity contribution in [2.75, 3.05) is 20.8 Å². The molecule has 3 nitrogen and oxygen atoms in total. The molecule has 0 heterocycles. The molecule has 1 aliphatic carbocycles. The van der Waals surface area contributed by atoms with Crippen molar-refractivity contribution in [3.63, 3.8) is 0 Å². The van der Waals surface area contributed by atoms with Crippen molar-refractivity contribution in [2.24, 2.45) is 0 Å². The molecular formula is C11H25NO2Si. The van der Waals surface area contributed by atoms with Crippen LogP contribution in [-0.2, 0) is 8.85 Å². The Morgan fingerprint density at radius 1 is 1.13 bits per heavy atom. The fraction of sp³-hybridized carbons (Fsp3) is 1.00. The van der Waals surface area contributed by atoms with Gasteiger partial charge in [0.1, 0.15) is 0 Å². The highest BCUT2D eigenvalue weighted by atomic mass is 28.4. The van der Waals surface area contributed by atoms with Gasteiger partial charge < -0.3 is 8.85 Å². The Balaban J connectivity index is 2.67. The first-order valence-electron chi connectivity index (χ1n) is 6.05. The van der Waals surface area contributed by atoms with Crippen molar-refractivity contribution >= 4 is 8.72 Å². The molecule has 0 bridgehead atoms. The molecule has 0 saturated heterocycles. The maximum atomic E-state index is 5.64. The molecule has 0 aromatic heterocycles. The van der Waals surface area contributed by atoms with E-state index in [1.54, 1.807) is 14.2 Å². The van der Waals surface area contributed by atoms with Gasteiger partial charge in [-0.05, 0) is 25.9 Å². The number of hydrogen-bond acceptors (Lipinski definition) is 3. The van der Waals surface area contributed by atoms with Gasteiger partial charge in [-0.1, -0.05) is 26.2 Å². The van der Waals surface area contributed by atoms with Crippen LogP contribution in [0.5, 0.6) is 0 Å². The van der Waals surface area contributed by atoms with Gasteiger partial charge in [-0.2, -0.15) is 0 Å². The second-order valence-corrected chi connectivity index (χ2v) is 7.57. The first kappa shape index (κ1) is 13.2. The quantitative estimate of drug-likeness (QED) is 0.679. The Bertz CT molecular complexity index is 179. The Labute approximate surface area is 95.1 Å². The molecule has 1 saturated carbocycles. The lowest BCUT2D eigenvalue weighted by atomic mass is 9.95. The van der Waals surface area contributed by atoms with Crippen LogP contribution in [0.25, 0.3) is 0 Å². The summed E-state index contributed by atoms with van der Waals surface area (Å²) in [5.74, 6) is 0. The monoisotopic (exact) mass is 231 g/mol. The molecule has 4 heteroatoms. The summed E-state index contributed by atoms with van der Waals surface area (Å²) in [6.45, 7) is 5.39. The van der Waals surface area contributed by atoms with E-state index < -0.39 is 8.72 Å².